The molecule has 1 unspecified atom stereocenters. The molecule has 0 amide bonds. The van der Waals surface area contributed by atoms with Crippen LogP contribution in [-0.4, -0.2) is 40.0 Å². The van der Waals surface area contributed by atoms with Gasteiger partial charge in [-0.25, -0.2) is 0 Å². The summed E-state index contributed by atoms with van der Waals surface area (Å²) in [6.07, 6.45) is -8.56. The number of hydrogen-bond donors (Lipinski definition) is 0. The van der Waals surface area contributed by atoms with Gasteiger partial charge in [-0.2, -0.15) is 4.80 Å². The van der Waals surface area contributed by atoms with Crippen LogP contribution in [0.1, 0.15) is 24.1 Å². The number of halogens is 6. The molecule has 0 fully saturated rings. The van der Waals surface area contributed by atoms with E-state index in [0.29, 0.717) is 11.1 Å². The molecule has 172 valence electrons. The molecule has 0 saturated carbocycles. The highest BCUT2D eigenvalue weighted by molar-refractivity contribution is 5.42. The molecule has 3 aromatic rings. The van der Waals surface area contributed by atoms with Gasteiger partial charge < -0.3 is 14.2 Å². The quantitative estimate of drug-likeness (QED) is 0.478. The summed E-state index contributed by atoms with van der Waals surface area (Å²) < 4.78 is 88.7. The van der Waals surface area contributed by atoms with Crippen LogP contribution in [0.2, 0.25) is 0 Å². The van der Waals surface area contributed by atoms with Gasteiger partial charge in [0.1, 0.15) is 23.1 Å². The molecule has 0 aliphatic heterocycles. The predicted octanol–water partition coefficient (Wildman–Crippen LogP) is 4.62. The van der Waals surface area contributed by atoms with E-state index >= 15 is 0 Å². The molecule has 1 atom stereocenters. The highest BCUT2D eigenvalue weighted by Gasteiger charge is 2.43. The summed E-state index contributed by atoms with van der Waals surface area (Å²) in [5.74, 6) is -0.904. The lowest BCUT2D eigenvalue weighted by molar-refractivity contribution is -0.275. The van der Waals surface area contributed by atoms with E-state index in [1.165, 1.54) is 42.5 Å². The predicted molar refractivity (Wildman–Crippen MR) is 96.6 cm³/mol. The summed E-state index contributed by atoms with van der Waals surface area (Å²) in [6, 6.07) is 9.04. The number of aromatic nitrogens is 4. The Bertz CT molecular complexity index is 946. The van der Waals surface area contributed by atoms with Crippen LogP contribution in [0.4, 0.5) is 26.3 Å². The van der Waals surface area contributed by atoms with Crippen molar-refractivity contribution in [1.82, 2.24) is 20.2 Å². The van der Waals surface area contributed by atoms with Crippen molar-refractivity contribution in [2.45, 2.75) is 31.3 Å². The van der Waals surface area contributed by atoms with Gasteiger partial charge in [-0.05, 0) is 47.5 Å². The fourth-order valence-electron chi connectivity index (χ4n) is 3.38. The Balaban J connectivity index is 2.08. The third-order valence-corrected chi connectivity index (χ3v) is 4.66. The molecule has 0 aliphatic rings. The van der Waals surface area contributed by atoms with Gasteiger partial charge in [-0.3, -0.25) is 0 Å². The third-order valence-electron chi connectivity index (χ3n) is 4.66. The molecule has 13 heteroatoms. The Morgan fingerprint density at radius 1 is 0.781 bits per heavy atom. The van der Waals surface area contributed by atoms with Crippen molar-refractivity contribution < 1.29 is 40.6 Å². The fourth-order valence-corrected chi connectivity index (χ4v) is 3.38. The zero-order chi connectivity index (χ0) is 23.6. The number of rotatable bonds is 7. The van der Waals surface area contributed by atoms with Crippen LogP contribution in [0, 0.1) is 0 Å². The van der Waals surface area contributed by atoms with Gasteiger partial charge in [-0.1, -0.05) is 24.3 Å². The van der Waals surface area contributed by atoms with E-state index in [2.05, 4.69) is 24.9 Å². The van der Waals surface area contributed by atoms with Crippen molar-refractivity contribution in [2.75, 3.05) is 7.11 Å². The first-order chi connectivity index (χ1) is 14.9. The molecule has 0 bridgehead atoms. The van der Waals surface area contributed by atoms with Crippen molar-refractivity contribution in [2.24, 2.45) is 0 Å². The van der Waals surface area contributed by atoms with E-state index < -0.39 is 35.9 Å². The van der Waals surface area contributed by atoms with Crippen molar-refractivity contribution in [3.8, 4) is 11.5 Å². The fraction of sp³-hybridized carbons (Fsp3) is 0.316. The molecular weight excluding hydrogens is 446 g/mol. The molecule has 0 radical (unpaired) electrons. The van der Waals surface area contributed by atoms with E-state index in [1.807, 2.05) is 0 Å². The molecular formula is C19H16F6N4O3. The largest absolute Gasteiger partial charge is 0.573 e. The van der Waals surface area contributed by atoms with E-state index in [1.54, 1.807) is 6.92 Å². The Hall–Kier alpha value is -3.35. The maximum Gasteiger partial charge on any atom is 0.573 e. The molecule has 2 aromatic carbocycles. The van der Waals surface area contributed by atoms with Crippen LogP contribution in [0.3, 0.4) is 0 Å². The average molecular weight is 462 g/mol. The first-order valence-corrected chi connectivity index (χ1v) is 8.95. The van der Waals surface area contributed by atoms with Gasteiger partial charge in [0.05, 0.1) is 0 Å². The van der Waals surface area contributed by atoms with Crippen LogP contribution in [0.25, 0.3) is 0 Å². The van der Waals surface area contributed by atoms with Crippen LogP contribution in [0.5, 0.6) is 11.5 Å². The summed E-state index contributed by atoms with van der Waals surface area (Å²) in [5.41, 5.74) is -0.693. The second-order valence-corrected chi connectivity index (χ2v) is 6.52. The van der Waals surface area contributed by atoms with Gasteiger partial charge in [0.2, 0.25) is 0 Å². The monoisotopic (exact) mass is 462 g/mol. The molecule has 0 saturated heterocycles. The lowest BCUT2D eigenvalue weighted by Gasteiger charge is -2.38. The third kappa shape index (κ3) is 5.10. The van der Waals surface area contributed by atoms with E-state index in [9.17, 15) is 26.3 Å². The summed E-state index contributed by atoms with van der Waals surface area (Å²) in [5, 5.41) is 11.5. The summed E-state index contributed by atoms with van der Waals surface area (Å²) in [6.45, 7) is 1.66. The number of benzene rings is 2. The molecule has 32 heavy (non-hydrogen) atoms. The minimum atomic E-state index is -4.87. The van der Waals surface area contributed by atoms with Crippen molar-refractivity contribution in [1.29, 1.82) is 0 Å². The second-order valence-electron chi connectivity index (χ2n) is 6.52. The number of tetrazole rings is 1. The number of ether oxygens (including phenoxy) is 3. The van der Waals surface area contributed by atoms with Crippen molar-refractivity contribution in [3.63, 3.8) is 0 Å². The first-order valence-electron chi connectivity index (χ1n) is 8.95. The van der Waals surface area contributed by atoms with Gasteiger partial charge in [0.25, 0.3) is 0 Å². The highest BCUT2D eigenvalue weighted by Crippen LogP contribution is 2.43. The number of hydrogen-bond acceptors (Lipinski definition) is 6. The van der Waals surface area contributed by atoms with Gasteiger partial charge in [0, 0.05) is 7.11 Å². The van der Waals surface area contributed by atoms with Crippen LogP contribution < -0.4 is 9.47 Å². The van der Waals surface area contributed by atoms with Crippen molar-refractivity contribution in [3.05, 3.63) is 66.0 Å². The smallest absolute Gasteiger partial charge is 0.406 e. The summed E-state index contributed by atoms with van der Waals surface area (Å²) in [4.78, 5) is 1.21. The molecule has 1 heterocycles. The van der Waals surface area contributed by atoms with Crippen LogP contribution >= 0.6 is 0 Å². The number of alkyl halides is 6. The first kappa shape index (κ1) is 23.3. The molecule has 7 nitrogen and oxygen atoms in total. The van der Waals surface area contributed by atoms with Crippen LogP contribution in [0.15, 0.2) is 54.9 Å². The van der Waals surface area contributed by atoms with Crippen molar-refractivity contribution >= 4 is 0 Å². The minimum Gasteiger partial charge on any atom is -0.406 e. The van der Waals surface area contributed by atoms with Gasteiger partial charge in [-0.15, -0.1) is 36.5 Å². The highest BCUT2D eigenvalue weighted by atomic mass is 19.4. The minimum absolute atomic E-state index is 0.365. The lowest BCUT2D eigenvalue weighted by Crippen LogP contribution is -2.39. The number of methoxy groups -OCH3 is 1. The van der Waals surface area contributed by atoms with E-state index in [0.717, 1.165) is 24.3 Å². The van der Waals surface area contributed by atoms with Gasteiger partial charge >= 0.3 is 12.7 Å². The topological polar surface area (TPSA) is 71.3 Å². The summed E-state index contributed by atoms with van der Waals surface area (Å²) in [7, 11) is 1.34. The normalized spacial score (nSPS) is 13.6. The zero-order valence-corrected chi connectivity index (χ0v) is 16.6. The Kier molecular flexibility index (Phi) is 6.30. The lowest BCUT2D eigenvalue weighted by atomic mass is 9.80. The number of nitrogens with zero attached hydrogens (tertiary/aromatic N) is 4. The Morgan fingerprint density at radius 3 is 1.53 bits per heavy atom. The van der Waals surface area contributed by atoms with Gasteiger partial charge in [0.15, 0.2) is 6.33 Å². The van der Waals surface area contributed by atoms with Crippen LogP contribution in [-0.2, 0) is 10.3 Å². The second kappa shape index (κ2) is 8.65. The molecule has 0 N–H and O–H groups in total. The summed E-state index contributed by atoms with van der Waals surface area (Å²) >= 11 is 0. The zero-order valence-electron chi connectivity index (χ0n) is 16.6. The maximum absolute atomic E-state index is 12.5. The molecule has 3 rings (SSSR count). The Labute approximate surface area is 177 Å². The average Bonchev–Trinajstić information content (AvgIpc) is 3.23. The molecule has 1 aromatic heterocycles. The molecule has 0 aliphatic carbocycles. The maximum atomic E-state index is 12.5. The van der Waals surface area contributed by atoms with E-state index in [-0.39, 0.29) is 0 Å². The molecule has 0 spiro atoms. The standard InChI is InChI=1S/C19H16F6N4O3/c1-12(29-27-11-26-28-29)17(30-2,13-3-7-15(8-4-13)31-18(20,21)22)14-5-9-16(10-6-14)32-19(23,24)25/h3-12H,1-2H3. The van der Waals surface area contributed by atoms with E-state index in [4.69, 9.17) is 4.74 Å². The Morgan fingerprint density at radius 2 is 1.22 bits per heavy atom. The SMILES string of the molecule is COC(c1ccc(OC(F)(F)F)cc1)(c1ccc(OC(F)(F)F)cc1)C(C)n1ncnn1.